The molecule has 0 heterocycles. The van der Waals surface area contributed by atoms with Gasteiger partial charge in [0.25, 0.3) is 0 Å². The molecule has 0 aromatic heterocycles. The Morgan fingerprint density at radius 2 is 2.12 bits per heavy atom. The van der Waals surface area contributed by atoms with Crippen molar-refractivity contribution in [3.8, 4) is 5.75 Å². The second-order valence-electron chi connectivity index (χ2n) is 3.32. The maximum atomic E-state index is 11.2. The molecule has 0 amide bonds. The van der Waals surface area contributed by atoms with E-state index in [-0.39, 0.29) is 17.4 Å². The first kappa shape index (κ1) is 12.5. The van der Waals surface area contributed by atoms with Crippen molar-refractivity contribution in [3.63, 3.8) is 0 Å². The summed E-state index contributed by atoms with van der Waals surface area (Å²) in [5.41, 5.74) is 0.202. The van der Waals surface area contributed by atoms with Crippen LogP contribution in [0.25, 0.3) is 0 Å². The average Bonchev–Trinajstić information content (AvgIpc) is 2.19. The molecule has 0 aliphatic heterocycles. The average molecular weight is 243 g/mol. The molecule has 0 fully saturated rings. The molecular formula is C11H11ClO4. The van der Waals surface area contributed by atoms with Gasteiger partial charge in [-0.05, 0) is 32.0 Å². The van der Waals surface area contributed by atoms with Gasteiger partial charge in [0.1, 0.15) is 5.75 Å². The highest BCUT2D eigenvalue weighted by Gasteiger charge is 2.11. The fraction of sp³-hybridized carbons (Fsp3) is 0.273. The van der Waals surface area contributed by atoms with Gasteiger partial charge in [0.05, 0.1) is 11.7 Å². The molecule has 5 heteroatoms. The molecule has 0 spiro atoms. The molecule has 0 saturated carbocycles. The normalized spacial score (nSPS) is 10.0. The standard InChI is InChI=1S/C11H11ClO4/c1-7(2)15-11(14)16-10-4-3-9(12)5-8(10)6-13/h3-7H,1-2H3. The van der Waals surface area contributed by atoms with E-state index in [0.29, 0.717) is 11.3 Å². The largest absolute Gasteiger partial charge is 0.514 e. The van der Waals surface area contributed by atoms with Crippen LogP contribution in [-0.4, -0.2) is 18.5 Å². The van der Waals surface area contributed by atoms with E-state index in [0.717, 1.165) is 0 Å². The van der Waals surface area contributed by atoms with Crippen molar-refractivity contribution in [1.29, 1.82) is 0 Å². The maximum Gasteiger partial charge on any atom is 0.514 e. The predicted octanol–water partition coefficient (Wildman–Crippen LogP) is 3.08. The van der Waals surface area contributed by atoms with Crippen molar-refractivity contribution < 1.29 is 19.1 Å². The molecule has 0 unspecified atom stereocenters. The van der Waals surface area contributed by atoms with Crippen molar-refractivity contribution in [1.82, 2.24) is 0 Å². The lowest BCUT2D eigenvalue weighted by molar-refractivity contribution is 0.0726. The lowest BCUT2D eigenvalue weighted by Gasteiger charge is -2.09. The second-order valence-corrected chi connectivity index (χ2v) is 3.76. The highest BCUT2D eigenvalue weighted by atomic mass is 35.5. The van der Waals surface area contributed by atoms with Crippen LogP contribution in [0.1, 0.15) is 24.2 Å². The fourth-order valence-corrected chi connectivity index (χ4v) is 1.19. The van der Waals surface area contributed by atoms with Crippen LogP contribution in [0.2, 0.25) is 5.02 Å². The zero-order valence-electron chi connectivity index (χ0n) is 8.90. The van der Waals surface area contributed by atoms with Gasteiger partial charge in [-0.1, -0.05) is 11.6 Å². The van der Waals surface area contributed by atoms with Crippen molar-refractivity contribution in [2.24, 2.45) is 0 Å². The van der Waals surface area contributed by atoms with Crippen LogP contribution in [0.15, 0.2) is 18.2 Å². The molecule has 16 heavy (non-hydrogen) atoms. The highest BCUT2D eigenvalue weighted by molar-refractivity contribution is 6.30. The Labute approximate surface area is 98.1 Å². The Kier molecular flexibility index (Phi) is 4.31. The van der Waals surface area contributed by atoms with Crippen molar-refractivity contribution >= 4 is 24.0 Å². The summed E-state index contributed by atoms with van der Waals surface area (Å²) in [4.78, 5) is 21.9. The molecule has 0 atom stereocenters. The molecule has 1 aromatic carbocycles. The third kappa shape index (κ3) is 3.55. The van der Waals surface area contributed by atoms with Gasteiger partial charge in [-0.15, -0.1) is 0 Å². The minimum absolute atomic E-state index is 0.130. The number of carbonyl (C=O) groups is 2. The molecule has 4 nitrogen and oxygen atoms in total. The van der Waals surface area contributed by atoms with E-state index in [1.165, 1.54) is 18.2 Å². The summed E-state index contributed by atoms with van der Waals surface area (Å²) in [6.07, 6.45) is -0.566. The Bertz CT molecular complexity index is 401. The van der Waals surface area contributed by atoms with Gasteiger partial charge < -0.3 is 9.47 Å². The Morgan fingerprint density at radius 1 is 1.44 bits per heavy atom. The van der Waals surface area contributed by atoms with Crippen molar-refractivity contribution in [3.05, 3.63) is 28.8 Å². The van der Waals surface area contributed by atoms with Crippen LogP contribution >= 0.6 is 11.6 Å². The summed E-state index contributed by atoms with van der Waals surface area (Å²) >= 11 is 5.69. The molecule has 1 rings (SSSR count). The molecule has 0 radical (unpaired) electrons. The maximum absolute atomic E-state index is 11.2. The summed E-state index contributed by atoms with van der Waals surface area (Å²) in [6.45, 7) is 3.40. The summed E-state index contributed by atoms with van der Waals surface area (Å²) in [5, 5.41) is 0.395. The first-order chi connectivity index (χ1) is 7.52. The summed E-state index contributed by atoms with van der Waals surface area (Å²) in [7, 11) is 0. The van der Waals surface area contributed by atoms with Gasteiger partial charge >= 0.3 is 6.16 Å². The third-order valence-electron chi connectivity index (χ3n) is 1.62. The smallest absolute Gasteiger partial charge is 0.431 e. The Morgan fingerprint density at radius 3 is 2.69 bits per heavy atom. The SMILES string of the molecule is CC(C)OC(=O)Oc1ccc(Cl)cc1C=O. The van der Waals surface area contributed by atoms with E-state index < -0.39 is 6.16 Å². The molecule has 0 saturated heterocycles. The van der Waals surface area contributed by atoms with E-state index in [2.05, 4.69) is 0 Å². The number of halogens is 1. The third-order valence-corrected chi connectivity index (χ3v) is 1.86. The number of rotatable bonds is 3. The van der Waals surface area contributed by atoms with Gasteiger partial charge in [-0.2, -0.15) is 0 Å². The number of carbonyl (C=O) groups excluding carboxylic acids is 2. The number of ether oxygens (including phenoxy) is 2. The molecule has 0 aliphatic carbocycles. The predicted molar refractivity (Wildman–Crippen MR) is 59.1 cm³/mol. The summed E-state index contributed by atoms with van der Waals surface area (Å²) in [5.74, 6) is 0.130. The zero-order valence-corrected chi connectivity index (χ0v) is 9.65. The van der Waals surface area contributed by atoms with Gasteiger partial charge in [-0.25, -0.2) is 4.79 Å². The number of benzene rings is 1. The topological polar surface area (TPSA) is 52.6 Å². The lowest BCUT2D eigenvalue weighted by atomic mass is 10.2. The molecular weight excluding hydrogens is 232 g/mol. The van der Waals surface area contributed by atoms with Crippen LogP contribution < -0.4 is 4.74 Å². The minimum Gasteiger partial charge on any atom is -0.431 e. The van der Waals surface area contributed by atoms with Crippen LogP contribution in [0.5, 0.6) is 5.75 Å². The number of hydrogen-bond acceptors (Lipinski definition) is 4. The van der Waals surface area contributed by atoms with Crippen LogP contribution in [-0.2, 0) is 4.74 Å². The van der Waals surface area contributed by atoms with Gasteiger partial charge in [0.15, 0.2) is 6.29 Å². The van der Waals surface area contributed by atoms with E-state index in [9.17, 15) is 9.59 Å². The van der Waals surface area contributed by atoms with Crippen LogP contribution in [0, 0.1) is 0 Å². The number of aldehydes is 1. The van der Waals surface area contributed by atoms with E-state index in [1.807, 2.05) is 0 Å². The first-order valence-corrected chi connectivity index (χ1v) is 5.04. The van der Waals surface area contributed by atoms with E-state index in [4.69, 9.17) is 21.1 Å². The molecule has 86 valence electrons. The lowest BCUT2D eigenvalue weighted by Crippen LogP contribution is -2.16. The Balaban J connectivity index is 2.80. The van der Waals surface area contributed by atoms with E-state index in [1.54, 1.807) is 13.8 Å². The number of hydrogen-bond donors (Lipinski definition) is 0. The summed E-state index contributed by atoms with van der Waals surface area (Å²) < 4.78 is 9.62. The van der Waals surface area contributed by atoms with Gasteiger partial charge in [-0.3, -0.25) is 4.79 Å². The minimum atomic E-state index is -0.847. The monoisotopic (exact) mass is 242 g/mol. The quantitative estimate of drug-likeness (QED) is 0.464. The molecule has 0 bridgehead atoms. The van der Waals surface area contributed by atoms with Crippen molar-refractivity contribution in [2.75, 3.05) is 0 Å². The highest BCUT2D eigenvalue weighted by Crippen LogP contribution is 2.21. The van der Waals surface area contributed by atoms with Crippen molar-refractivity contribution in [2.45, 2.75) is 20.0 Å². The van der Waals surface area contributed by atoms with Gasteiger partial charge in [0.2, 0.25) is 0 Å². The summed E-state index contributed by atoms with van der Waals surface area (Å²) in [6, 6.07) is 4.37. The molecule has 0 N–H and O–H groups in total. The van der Waals surface area contributed by atoms with Crippen LogP contribution in [0.3, 0.4) is 0 Å². The molecule has 0 aliphatic rings. The van der Waals surface area contributed by atoms with Gasteiger partial charge in [0, 0.05) is 5.02 Å². The Hall–Kier alpha value is -1.55. The zero-order chi connectivity index (χ0) is 12.1. The molecule has 1 aromatic rings. The fourth-order valence-electron chi connectivity index (χ4n) is 1.01. The first-order valence-electron chi connectivity index (χ1n) is 4.66. The van der Waals surface area contributed by atoms with E-state index >= 15 is 0 Å². The van der Waals surface area contributed by atoms with Crippen LogP contribution in [0.4, 0.5) is 4.79 Å². The second kappa shape index (κ2) is 5.51.